The normalized spacial score (nSPS) is 14.7. The third-order valence-electron chi connectivity index (χ3n) is 3.46. The molecule has 1 fully saturated rings. The molecule has 0 spiro atoms. The summed E-state index contributed by atoms with van der Waals surface area (Å²) in [6.45, 7) is 7.79. The summed E-state index contributed by atoms with van der Waals surface area (Å²) in [4.78, 5) is 14.1. The fourth-order valence-electron chi connectivity index (χ4n) is 2.21. The van der Waals surface area contributed by atoms with Gasteiger partial charge in [0.25, 0.3) is 0 Å². The number of benzene rings is 1. The molecule has 0 heterocycles. The zero-order valence-corrected chi connectivity index (χ0v) is 16.2. The molecule has 0 unspecified atom stereocenters. The van der Waals surface area contributed by atoms with Crippen molar-refractivity contribution < 1.29 is 9.53 Å². The van der Waals surface area contributed by atoms with E-state index in [9.17, 15) is 4.79 Å². The summed E-state index contributed by atoms with van der Waals surface area (Å²) in [5.74, 6) is 0. The van der Waals surface area contributed by atoms with Crippen LogP contribution >= 0.6 is 27.5 Å². The number of amides is 1. The minimum absolute atomic E-state index is 0.214. The Labute approximate surface area is 151 Å². The van der Waals surface area contributed by atoms with E-state index in [2.05, 4.69) is 21.2 Å². The van der Waals surface area contributed by atoms with Crippen molar-refractivity contribution in [2.45, 2.75) is 51.8 Å². The molecule has 4 nitrogen and oxygen atoms in total. The lowest BCUT2D eigenvalue weighted by molar-refractivity contribution is 0.0236. The van der Waals surface area contributed by atoms with E-state index >= 15 is 0 Å². The largest absolute Gasteiger partial charge is 0.444 e. The fraction of sp³-hybridized carbons (Fsp3) is 0.588. The molecule has 0 atom stereocenters. The van der Waals surface area contributed by atoms with Crippen molar-refractivity contribution in [2.75, 3.05) is 13.1 Å². The Kier molecular flexibility index (Phi) is 6.34. The molecule has 1 aliphatic carbocycles. The van der Waals surface area contributed by atoms with Crippen molar-refractivity contribution in [3.05, 3.63) is 33.3 Å². The van der Waals surface area contributed by atoms with Crippen LogP contribution in [-0.2, 0) is 11.3 Å². The van der Waals surface area contributed by atoms with Gasteiger partial charge in [0.05, 0.1) is 5.02 Å². The fourth-order valence-corrected chi connectivity index (χ4v) is 2.66. The minimum Gasteiger partial charge on any atom is -0.444 e. The van der Waals surface area contributed by atoms with E-state index in [1.165, 1.54) is 0 Å². The van der Waals surface area contributed by atoms with Gasteiger partial charge in [-0.2, -0.15) is 0 Å². The van der Waals surface area contributed by atoms with Gasteiger partial charge in [-0.1, -0.05) is 17.7 Å². The zero-order chi connectivity index (χ0) is 17.0. The highest BCUT2D eigenvalue weighted by molar-refractivity contribution is 9.10. The number of nitrogens with one attached hydrogen (secondary N) is 1. The molecular weight excluding hydrogens is 380 g/mol. The summed E-state index contributed by atoms with van der Waals surface area (Å²) >= 11 is 9.47. The first-order valence-corrected chi connectivity index (χ1v) is 9.07. The molecule has 0 aromatic heterocycles. The highest BCUT2D eigenvalue weighted by Gasteiger charge is 2.34. The Balaban J connectivity index is 1.78. The predicted molar refractivity (Wildman–Crippen MR) is 96.8 cm³/mol. The standard InChI is InChI=1S/C17H24BrClN2O2/c1-17(2,3)23-16(22)21(13-5-6-13)9-8-20-11-12-4-7-14(18)15(19)10-12/h4,7,10,13,20H,5-6,8-9,11H2,1-3H3. The van der Waals surface area contributed by atoms with Crippen LogP contribution in [0.1, 0.15) is 39.2 Å². The van der Waals surface area contributed by atoms with Crippen LogP contribution in [0.5, 0.6) is 0 Å². The van der Waals surface area contributed by atoms with Gasteiger partial charge >= 0.3 is 6.09 Å². The van der Waals surface area contributed by atoms with Gasteiger partial charge in [-0.15, -0.1) is 0 Å². The number of hydrogen-bond donors (Lipinski definition) is 1. The predicted octanol–water partition coefficient (Wildman–Crippen LogP) is 4.59. The maximum absolute atomic E-state index is 12.2. The number of rotatable bonds is 6. The van der Waals surface area contributed by atoms with Crippen LogP contribution in [0.3, 0.4) is 0 Å². The summed E-state index contributed by atoms with van der Waals surface area (Å²) in [7, 11) is 0. The lowest BCUT2D eigenvalue weighted by atomic mass is 10.2. The summed E-state index contributed by atoms with van der Waals surface area (Å²) in [5, 5.41) is 4.06. The maximum Gasteiger partial charge on any atom is 0.410 e. The van der Waals surface area contributed by atoms with Crippen LogP contribution in [0.15, 0.2) is 22.7 Å². The topological polar surface area (TPSA) is 41.6 Å². The molecular formula is C17H24BrClN2O2. The van der Waals surface area contributed by atoms with Crippen molar-refractivity contribution in [1.29, 1.82) is 0 Å². The lowest BCUT2D eigenvalue weighted by Gasteiger charge is -2.27. The number of ether oxygens (including phenoxy) is 1. The number of halogens is 2. The van der Waals surface area contributed by atoms with Crippen LogP contribution in [0, 0.1) is 0 Å². The maximum atomic E-state index is 12.2. The smallest absolute Gasteiger partial charge is 0.410 e. The Morgan fingerprint density at radius 1 is 1.43 bits per heavy atom. The van der Waals surface area contributed by atoms with E-state index in [1.54, 1.807) is 0 Å². The average Bonchev–Trinajstić information content (AvgIpc) is 3.25. The minimum atomic E-state index is -0.453. The van der Waals surface area contributed by atoms with Crippen molar-refractivity contribution in [3.63, 3.8) is 0 Å². The lowest BCUT2D eigenvalue weighted by Crippen LogP contribution is -2.41. The molecule has 1 amide bonds. The third kappa shape index (κ3) is 6.32. The van der Waals surface area contributed by atoms with Crippen LogP contribution in [0.4, 0.5) is 4.79 Å². The molecule has 1 aromatic carbocycles. The monoisotopic (exact) mass is 402 g/mol. The van der Waals surface area contributed by atoms with Crippen molar-refractivity contribution >= 4 is 33.6 Å². The number of nitrogens with zero attached hydrogens (tertiary/aromatic N) is 1. The van der Waals surface area contributed by atoms with Crippen molar-refractivity contribution in [3.8, 4) is 0 Å². The van der Waals surface area contributed by atoms with Gasteiger partial charge in [-0.3, -0.25) is 0 Å². The summed E-state index contributed by atoms with van der Waals surface area (Å²) in [5.41, 5.74) is 0.666. The Morgan fingerprint density at radius 3 is 2.70 bits per heavy atom. The van der Waals surface area contributed by atoms with Crippen LogP contribution in [0.25, 0.3) is 0 Å². The molecule has 6 heteroatoms. The molecule has 0 saturated heterocycles. The number of hydrogen-bond acceptors (Lipinski definition) is 3. The molecule has 1 saturated carbocycles. The van der Waals surface area contributed by atoms with E-state index in [1.807, 2.05) is 43.9 Å². The van der Waals surface area contributed by atoms with Crippen molar-refractivity contribution in [1.82, 2.24) is 10.2 Å². The first-order chi connectivity index (χ1) is 10.8. The van der Waals surface area contributed by atoms with E-state index in [-0.39, 0.29) is 6.09 Å². The molecule has 0 radical (unpaired) electrons. The molecule has 2 rings (SSSR count). The molecule has 0 bridgehead atoms. The molecule has 128 valence electrons. The van der Waals surface area contributed by atoms with Gasteiger partial charge < -0.3 is 15.0 Å². The first kappa shape index (κ1) is 18.6. The van der Waals surface area contributed by atoms with E-state index in [4.69, 9.17) is 16.3 Å². The second-order valence-corrected chi connectivity index (χ2v) is 8.09. The Hall–Kier alpha value is -0.780. The van der Waals surface area contributed by atoms with Crippen LogP contribution < -0.4 is 5.32 Å². The number of carbonyl (C=O) groups is 1. The van der Waals surface area contributed by atoms with E-state index in [0.29, 0.717) is 17.6 Å². The SMILES string of the molecule is CC(C)(C)OC(=O)N(CCNCc1ccc(Br)c(Cl)c1)C1CC1. The van der Waals surface area contributed by atoms with Gasteiger partial charge in [0.2, 0.25) is 0 Å². The van der Waals surface area contributed by atoms with Gasteiger partial charge in [0, 0.05) is 30.1 Å². The zero-order valence-electron chi connectivity index (χ0n) is 13.9. The Bertz CT molecular complexity index is 556. The van der Waals surface area contributed by atoms with Crippen LogP contribution in [0.2, 0.25) is 5.02 Å². The van der Waals surface area contributed by atoms with Gasteiger partial charge in [-0.25, -0.2) is 4.79 Å². The average molecular weight is 404 g/mol. The third-order valence-corrected chi connectivity index (χ3v) is 4.69. The van der Waals surface area contributed by atoms with Gasteiger partial charge in [0.1, 0.15) is 5.60 Å². The van der Waals surface area contributed by atoms with Gasteiger partial charge in [0.15, 0.2) is 0 Å². The molecule has 1 aromatic rings. The molecule has 23 heavy (non-hydrogen) atoms. The van der Waals surface area contributed by atoms with Crippen molar-refractivity contribution in [2.24, 2.45) is 0 Å². The van der Waals surface area contributed by atoms with Gasteiger partial charge in [-0.05, 0) is 67.2 Å². The van der Waals surface area contributed by atoms with E-state index in [0.717, 1.165) is 36.0 Å². The molecule has 1 aliphatic rings. The molecule has 0 aliphatic heterocycles. The quantitative estimate of drug-likeness (QED) is 0.706. The highest BCUT2D eigenvalue weighted by Crippen LogP contribution is 2.28. The second-order valence-electron chi connectivity index (χ2n) is 6.83. The summed E-state index contributed by atoms with van der Waals surface area (Å²) in [6, 6.07) is 6.24. The number of carbonyl (C=O) groups excluding carboxylic acids is 1. The summed E-state index contributed by atoms with van der Waals surface area (Å²) in [6.07, 6.45) is 1.93. The first-order valence-electron chi connectivity index (χ1n) is 7.90. The Morgan fingerprint density at radius 2 is 2.13 bits per heavy atom. The second kappa shape index (κ2) is 7.86. The van der Waals surface area contributed by atoms with Crippen LogP contribution in [-0.4, -0.2) is 35.7 Å². The summed E-state index contributed by atoms with van der Waals surface area (Å²) < 4.78 is 6.38. The highest BCUT2D eigenvalue weighted by atomic mass is 79.9. The van der Waals surface area contributed by atoms with E-state index < -0.39 is 5.60 Å². The molecule has 1 N–H and O–H groups in total.